The van der Waals surface area contributed by atoms with Gasteiger partial charge in [0, 0.05) is 12.8 Å². The van der Waals surface area contributed by atoms with E-state index in [0.29, 0.717) is 11.7 Å². The molecule has 0 aliphatic heterocycles. The van der Waals surface area contributed by atoms with Gasteiger partial charge in [-0.05, 0) is 37.5 Å². The molecule has 0 heterocycles. The lowest BCUT2D eigenvalue weighted by molar-refractivity contribution is -0.122. The van der Waals surface area contributed by atoms with Gasteiger partial charge in [0.15, 0.2) is 0 Å². The maximum absolute atomic E-state index is 11.2. The minimum Gasteiger partial charge on any atom is -0.300 e. The van der Waals surface area contributed by atoms with Crippen LogP contribution in [0.15, 0.2) is 12.2 Å². The van der Waals surface area contributed by atoms with E-state index in [1.165, 1.54) is 18.4 Å². The van der Waals surface area contributed by atoms with Gasteiger partial charge in [0.1, 0.15) is 5.78 Å². The Balaban J connectivity index is 2.03. The van der Waals surface area contributed by atoms with Gasteiger partial charge < -0.3 is 0 Å². The number of Topliss-reactive ketones (excluding diaryl/α,β-unsaturated/α-hetero) is 1. The molecule has 0 radical (unpaired) electrons. The van der Waals surface area contributed by atoms with E-state index in [9.17, 15) is 4.79 Å². The molecule has 2 rings (SSSR count). The Morgan fingerprint density at radius 2 is 1.83 bits per heavy atom. The average molecular weight is 164 g/mol. The minimum atomic E-state index is 0.478. The highest BCUT2D eigenvalue weighted by atomic mass is 16.1. The molecule has 0 N–H and O–H groups in total. The second-order valence-corrected chi connectivity index (χ2v) is 4.29. The van der Waals surface area contributed by atoms with Gasteiger partial charge in [-0.25, -0.2) is 0 Å². The highest BCUT2D eigenvalue weighted by Crippen LogP contribution is 2.40. The Bertz CT molecular complexity index is 195. The zero-order valence-electron chi connectivity index (χ0n) is 7.51. The van der Waals surface area contributed by atoms with Crippen LogP contribution in [-0.2, 0) is 4.79 Å². The van der Waals surface area contributed by atoms with E-state index >= 15 is 0 Å². The van der Waals surface area contributed by atoms with Crippen LogP contribution in [0.25, 0.3) is 0 Å². The smallest absolute Gasteiger partial charge is 0.133 e. The first-order valence-electron chi connectivity index (χ1n) is 4.94. The largest absolute Gasteiger partial charge is 0.300 e. The first kappa shape index (κ1) is 8.03. The fraction of sp³-hybridized carbons (Fsp3) is 0.727. The van der Waals surface area contributed by atoms with Gasteiger partial charge in [-0.15, -0.1) is 0 Å². The van der Waals surface area contributed by atoms with Crippen molar-refractivity contribution in [3.63, 3.8) is 0 Å². The highest BCUT2D eigenvalue weighted by Gasteiger charge is 2.31. The van der Waals surface area contributed by atoms with E-state index in [0.717, 1.165) is 31.6 Å². The van der Waals surface area contributed by atoms with Crippen LogP contribution in [0, 0.1) is 11.8 Å². The normalized spacial score (nSPS) is 36.3. The third-order valence-corrected chi connectivity index (χ3v) is 3.37. The van der Waals surface area contributed by atoms with Gasteiger partial charge in [-0.2, -0.15) is 0 Å². The van der Waals surface area contributed by atoms with Gasteiger partial charge in [-0.1, -0.05) is 12.2 Å². The summed E-state index contributed by atoms with van der Waals surface area (Å²) in [6.07, 6.45) is 6.44. The van der Waals surface area contributed by atoms with Crippen LogP contribution in [0.2, 0.25) is 0 Å². The van der Waals surface area contributed by atoms with E-state index in [1.807, 2.05) is 0 Å². The molecule has 1 heteroatoms. The fourth-order valence-electron chi connectivity index (χ4n) is 2.62. The Morgan fingerprint density at radius 1 is 1.08 bits per heavy atom. The van der Waals surface area contributed by atoms with Crippen LogP contribution in [0.1, 0.15) is 38.5 Å². The van der Waals surface area contributed by atoms with Crippen LogP contribution in [0.3, 0.4) is 0 Å². The lowest BCUT2D eigenvalue weighted by atomic mass is 9.69. The van der Waals surface area contributed by atoms with Crippen LogP contribution < -0.4 is 0 Å². The number of hydrogen-bond acceptors (Lipinski definition) is 1. The number of carbonyl (C=O) groups is 1. The summed E-state index contributed by atoms with van der Waals surface area (Å²) in [5.41, 5.74) is 1.37. The van der Waals surface area contributed by atoms with Crippen molar-refractivity contribution < 1.29 is 4.79 Å². The van der Waals surface area contributed by atoms with E-state index in [-0.39, 0.29) is 0 Å². The number of rotatable bonds is 0. The SMILES string of the molecule is C=C1CC[C@@H]2CCC(=O)C[C@@H]2C1. The molecule has 0 aromatic rings. The molecule has 66 valence electrons. The molecule has 2 atom stereocenters. The first-order chi connectivity index (χ1) is 5.75. The zero-order chi connectivity index (χ0) is 8.55. The molecule has 2 saturated carbocycles. The van der Waals surface area contributed by atoms with Crippen molar-refractivity contribution in [2.24, 2.45) is 11.8 Å². The quantitative estimate of drug-likeness (QED) is 0.503. The van der Waals surface area contributed by atoms with E-state index < -0.39 is 0 Å². The van der Waals surface area contributed by atoms with Crippen LogP contribution in [-0.4, -0.2) is 5.78 Å². The lowest BCUT2D eigenvalue weighted by Crippen LogP contribution is -2.28. The first-order valence-corrected chi connectivity index (χ1v) is 4.94. The number of carbonyl (C=O) groups excluding carboxylic acids is 1. The average Bonchev–Trinajstić information content (AvgIpc) is 2.03. The van der Waals surface area contributed by atoms with Gasteiger partial charge in [0.25, 0.3) is 0 Å². The molecule has 0 aromatic heterocycles. The van der Waals surface area contributed by atoms with Gasteiger partial charge >= 0.3 is 0 Å². The van der Waals surface area contributed by atoms with Crippen molar-refractivity contribution in [3.8, 4) is 0 Å². The lowest BCUT2D eigenvalue weighted by Gasteiger charge is -2.35. The number of allylic oxidation sites excluding steroid dienone is 1. The molecule has 12 heavy (non-hydrogen) atoms. The molecule has 0 unspecified atom stereocenters. The third kappa shape index (κ3) is 1.45. The van der Waals surface area contributed by atoms with Crippen molar-refractivity contribution >= 4 is 5.78 Å². The third-order valence-electron chi connectivity index (χ3n) is 3.37. The van der Waals surface area contributed by atoms with Crippen LogP contribution in [0.5, 0.6) is 0 Å². The standard InChI is InChI=1S/C11H16O/c1-8-2-3-9-4-5-11(12)7-10(9)6-8/h9-10H,1-7H2/t9-,10+/m1/s1. The number of hydrogen-bond donors (Lipinski definition) is 0. The zero-order valence-corrected chi connectivity index (χ0v) is 7.51. The summed E-state index contributed by atoms with van der Waals surface area (Å²) in [7, 11) is 0. The van der Waals surface area contributed by atoms with Gasteiger partial charge in [0.05, 0.1) is 0 Å². The monoisotopic (exact) mass is 164 g/mol. The fourth-order valence-corrected chi connectivity index (χ4v) is 2.62. The molecular weight excluding hydrogens is 148 g/mol. The molecule has 0 saturated heterocycles. The molecule has 2 aliphatic rings. The molecule has 0 aromatic carbocycles. The van der Waals surface area contributed by atoms with E-state index in [2.05, 4.69) is 6.58 Å². The molecular formula is C11H16O. The maximum atomic E-state index is 11.2. The Kier molecular flexibility index (Phi) is 2.03. The topological polar surface area (TPSA) is 17.1 Å². The van der Waals surface area contributed by atoms with Crippen molar-refractivity contribution in [2.45, 2.75) is 38.5 Å². The van der Waals surface area contributed by atoms with Crippen LogP contribution >= 0.6 is 0 Å². The number of fused-ring (bicyclic) bond motifs is 1. The second-order valence-electron chi connectivity index (χ2n) is 4.29. The Hall–Kier alpha value is -0.590. The summed E-state index contributed by atoms with van der Waals surface area (Å²) in [4.78, 5) is 11.2. The van der Waals surface area contributed by atoms with E-state index in [4.69, 9.17) is 0 Å². The van der Waals surface area contributed by atoms with E-state index in [1.54, 1.807) is 0 Å². The van der Waals surface area contributed by atoms with Crippen molar-refractivity contribution in [2.75, 3.05) is 0 Å². The summed E-state index contributed by atoms with van der Waals surface area (Å²) in [6.45, 7) is 4.02. The predicted molar refractivity (Wildman–Crippen MR) is 48.8 cm³/mol. The number of ketones is 1. The molecule has 0 spiro atoms. The van der Waals surface area contributed by atoms with Crippen molar-refractivity contribution in [1.82, 2.24) is 0 Å². The summed E-state index contributed by atoms with van der Waals surface area (Å²) in [6, 6.07) is 0. The molecule has 1 nitrogen and oxygen atoms in total. The molecule has 2 aliphatic carbocycles. The summed E-state index contributed by atoms with van der Waals surface area (Å²) in [5.74, 6) is 1.98. The van der Waals surface area contributed by atoms with Gasteiger partial charge in [0.2, 0.25) is 0 Å². The van der Waals surface area contributed by atoms with Crippen molar-refractivity contribution in [1.29, 1.82) is 0 Å². The summed E-state index contributed by atoms with van der Waals surface area (Å²) in [5, 5.41) is 0. The maximum Gasteiger partial charge on any atom is 0.133 e. The predicted octanol–water partition coefficient (Wildman–Crippen LogP) is 2.71. The highest BCUT2D eigenvalue weighted by molar-refractivity contribution is 5.79. The molecule has 2 fully saturated rings. The minimum absolute atomic E-state index is 0.478. The van der Waals surface area contributed by atoms with Gasteiger partial charge in [-0.3, -0.25) is 4.79 Å². The van der Waals surface area contributed by atoms with Crippen molar-refractivity contribution in [3.05, 3.63) is 12.2 Å². The van der Waals surface area contributed by atoms with Crippen LogP contribution in [0.4, 0.5) is 0 Å². The Morgan fingerprint density at radius 3 is 2.67 bits per heavy atom. The second kappa shape index (κ2) is 3.04. The summed E-state index contributed by atoms with van der Waals surface area (Å²) >= 11 is 0. The molecule has 0 amide bonds. The Labute approximate surface area is 73.8 Å². The molecule has 0 bridgehead atoms. The summed E-state index contributed by atoms with van der Waals surface area (Å²) < 4.78 is 0.